The number of aliphatic carboxylic acids is 1. The van der Waals surface area contributed by atoms with Crippen LogP contribution in [0.25, 0.3) is 0 Å². The standard InChI is InChI=1S/C21H21N3O8S2/c1-21(2)15(20(27)28)24-18(26)14(19(24)33-21)23-16(11-8-9-12(32-11)34(29,30)31)22-13(17(23)25)10-6-4-3-5-7-10/h3-9,13-16,19,22H,1-2H3,(H,27,28)(H,29,30,31)/t13?,14-,15+,16?,19-/m1/s1. The number of rotatable bonds is 5. The Hall–Kier alpha value is -2.87. The molecule has 1 aromatic carbocycles. The molecule has 3 N–H and O–H groups in total. The first-order valence-corrected chi connectivity index (χ1v) is 12.7. The number of thioether (sulfide) groups is 1. The van der Waals surface area contributed by atoms with Crippen molar-refractivity contribution in [2.75, 3.05) is 0 Å². The SMILES string of the molecule is CC1(C)S[C@@H]2[C@H](N3C(=O)C(c4ccccc4)NC3c3ccc(S(=O)(=O)O)o3)C(=O)N2[C@H]1C(=O)O. The van der Waals surface area contributed by atoms with Gasteiger partial charge in [-0.1, -0.05) is 30.3 Å². The smallest absolute Gasteiger partial charge is 0.328 e. The van der Waals surface area contributed by atoms with Gasteiger partial charge < -0.3 is 19.3 Å². The number of carboxylic acids is 1. The molecular formula is C21H21N3O8S2. The molecule has 1 aromatic heterocycles. The van der Waals surface area contributed by atoms with Crippen LogP contribution in [0.5, 0.6) is 0 Å². The van der Waals surface area contributed by atoms with Crippen LogP contribution in [0.1, 0.15) is 37.4 Å². The van der Waals surface area contributed by atoms with E-state index in [9.17, 15) is 32.5 Å². The number of β-lactam (4-membered cyclic amide) rings is 1. The van der Waals surface area contributed by atoms with Crippen molar-refractivity contribution in [3.05, 3.63) is 53.8 Å². The van der Waals surface area contributed by atoms with Crippen LogP contribution >= 0.6 is 11.8 Å². The number of benzene rings is 1. The lowest BCUT2D eigenvalue weighted by atomic mass is 9.95. The van der Waals surface area contributed by atoms with E-state index >= 15 is 0 Å². The Bertz CT molecular complexity index is 1290. The number of carbonyl (C=O) groups excluding carboxylic acids is 2. The van der Waals surface area contributed by atoms with Crippen LogP contribution in [0.15, 0.2) is 52.0 Å². The summed E-state index contributed by atoms with van der Waals surface area (Å²) in [6.07, 6.45) is -1.02. The van der Waals surface area contributed by atoms with Crippen LogP contribution in [-0.4, -0.2) is 67.9 Å². The van der Waals surface area contributed by atoms with Crippen molar-refractivity contribution >= 4 is 39.7 Å². The summed E-state index contributed by atoms with van der Waals surface area (Å²) >= 11 is 1.29. The minimum absolute atomic E-state index is 0.0164. The number of hydrogen-bond donors (Lipinski definition) is 3. The summed E-state index contributed by atoms with van der Waals surface area (Å²) in [5.41, 5.74) is 0.632. The second-order valence-corrected chi connectivity index (χ2v) is 12.0. The lowest BCUT2D eigenvalue weighted by molar-refractivity contribution is -0.169. The zero-order chi connectivity index (χ0) is 24.6. The van der Waals surface area contributed by atoms with Crippen molar-refractivity contribution in [1.82, 2.24) is 15.1 Å². The summed E-state index contributed by atoms with van der Waals surface area (Å²) in [4.78, 5) is 41.3. The van der Waals surface area contributed by atoms with Crippen molar-refractivity contribution in [3.63, 3.8) is 0 Å². The number of fused-ring (bicyclic) bond motifs is 1. The van der Waals surface area contributed by atoms with Gasteiger partial charge in [0.05, 0.1) is 0 Å². The van der Waals surface area contributed by atoms with Crippen molar-refractivity contribution < 1.29 is 36.9 Å². The Morgan fingerprint density at radius 1 is 1.09 bits per heavy atom. The van der Waals surface area contributed by atoms with Gasteiger partial charge in [-0.05, 0) is 31.5 Å². The normalized spacial score (nSPS) is 30.4. The molecule has 2 aromatic rings. The van der Waals surface area contributed by atoms with E-state index in [0.717, 1.165) is 6.07 Å². The molecule has 2 unspecified atom stereocenters. The number of amides is 2. The lowest BCUT2D eigenvalue weighted by Gasteiger charge is -2.48. The summed E-state index contributed by atoms with van der Waals surface area (Å²) in [7, 11) is -4.62. The number of nitrogens with zero attached hydrogens (tertiary/aromatic N) is 2. The molecule has 0 saturated carbocycles. The van der Waals surface area contributed by atoms with Crippen LogP contribution in [0.3, 0.4) is 0 Å². The van der Waals surface area contributed by atoms with E-state index in [-0.39, 0.29) is 5.76 Å². The predicted octanol–water partition coefficient (Wildman–Crippen LogP) is 1.21. The predicted molar refractivity (Wildman–Crippen MR) is 118 cm³/mol. The lowest BCUT2D eigenvalue weighted by Crippen LogP contribution is -2.71. The molecule has 180 valence electrons. The van der Waals surface area contributed by atoms with Gasteiger partial charge in [-0.25, -0.2) is 4.79 Å². The molecule has 3 aliphatic heterocycles. The Morgan fingerprint density at radius 3 is 2.35 bits per heavy atom. The molecule has 13 heteroatoms. The third-order valence-electron chi connectivity index (χ3n) is 6.31. The zero-order valence-electron chi connectivity index (χ0n) is 18.0. The molecule has 0 bridgehead atoms. The number of nitrogens with one attached hydrogen (secondary N) is 1. The summed E-state index contributed by atoms with van der Waals surface area (Å²) in [5, 5.41) is 11.5. The molecule has 3 aliphatic rings. The van der Waals surface area contributed by atoms with E-state index in [1.165, 1.54) is 27.6 Å². The van der Waals surface area contributed by atoms with Gasteiger partial charge in [-0.15, -0.1) is 11.8 Å². The van der Waals surface area contributed by atoms with Crippen LogP contribution in [0.2, 0.25) is 0 Å². The minimum Gasteiger partial charge on any atom is -0.480 e. The molecule has 34 heavy (non-hydrogen) atoms. The number of hydrogen-bond acceptors (Lipinski definition) is 8. The topological polar surface area (TPSA) is 157 Å². The van der Waals surface area contributed by atoms with Gasteiger partial charge in [0.15, 0.2) is 0 Å². The van der Waals surface area contributed by atoms with E-state index in [4.69, 9.17) is 4.42 Å². The Morgan fingerprint density at radius 2 is 1.76 bits per heavy atom. The second-order valence-electron chi connectivity index (χ2n) is 8.83. The monoisotopic (exact) mass is 507 g/mol. The van der Waals surface area contributed by atoms with Gasteiger partial charge in [0.25, 0.3) is 0 Å². The number of furan rings is 1. The van der Waals surface area contributed by atoms with Crippen LogP contribution < -0.4 is 5.32 Å². The first kappa shape index (κ1) is 22.9. The molecule has 2 amide bonds. The van der Waals surface area contributed by atoms with E-state index in [0.29, 0.717) is 5.56 Å². The van der Waals surface area contributed by atoms with E-state index in [2.05, 4.69) is 5.32 Å². The van der Waals surface area contributed by atoms with Gasteiger partial charge in [-0.3, -0.25) is 19.5 Å². The highest BCUT2D eigenvalue weighted by Gasteiger charge is 2.67. The van der Waals surface area contributed by atoms with Gasteiger partial charge in [0.2, 0.25) is 16.9 Å². The number of carboxylic acid groups (broad SMARTS) is 1. The zero-order valence-corrected chi connectivity index (χ0v) is 19.6. The van der Waals surface area contributed by atoms with Gasteiger partial charge in [0.1, 0.15) is 35.4 Å². The molecule has 0 radical (unpaired) electrons. The van der Waals surface area contributed by atoms with E-state index in [1.807, 2.05) is 0 Å². The molecule has 0 aliphatic carbocycles. The van der Waals surface area contributed by atoms with Crippen molar-refractivity contribution in [3.8, 4) is 0 Å². The largest absolute Gasteiger partial charge is 0.480 e. The van der Waals surface area contributed by atoms with Crippen LogP contribution in [0, 0.1) is 0 Å². The Kier molecular flexibility index (Phi) is 5.10. The fourth-order valence-electron chi connectivity index (χ4n) is 4.86. The maximum absolute atomic E-state index is 13.6. The quantitative estimate of drug-likeness (QED) is 0.397. The first-order chi connectivity index (χ1) is 15.9. The maximum Gasteiger partial charge on any atom is 0.328 e. The van der Waals surface area contributed by atoms with Crippen molar-refractivity contribution in [2.24, 2.45) is 0 Å². The second kappa shape index (κ2) is 7.57. The van der Waals surface area contributed by atoms with Gasteiger partial charge in [0, 0.05) is 4.75 Å². The fourth-order valence-corrected chi connectivity index (χ4v) is 6.98. The molecule has 3 fully saturated rings. The highest BCUT2D eigenvalue weighted by Crippen LogP contribution is 2.54. The average Bonchev–Trinajstić information content (AvgIpc) is 3.43. The molecule has 11 nitrogen and oxygen atoms in total. The Labute approximate surface area is 198 Å². The molecule has 4 heterocycles. The van der Waals surface area contributed by atoms with Gasteiger partial charge in [-0.2, -0.15) is 8.42 Å². The molecular weight excluding hydrogens is 486 g/mol. The van der Waals surface area contributed by atoms with Gasteiger partial charge >= 0.3 is 16.1 Å². The molecule has 5 atom stereocenters. The molecule has 0 spiro atoms. The van der Waals surface area contributed by atoms with Crippen LogP contribution in [-0.2, 0) is 24.5 Å². The fraction of sp³-hybridized carbons (Fsp3) is 0.381. The highest BCUT2D eigenvalue weighted by atomic mass is 32.2. The summed E-state index contributed by atoms with van der Waals surface area (Å²) < 4.78 is 36.9. The summed E-state index contributed by atoms with van der Waals surface area (Å²) in [5.74, 6) is -2.05. The Balaban J connectivity index is 1.55. The third-order valence-corrected chi connectivity index (χ3v) is 8.59. The van der Waals surface area contributed by atoms with Crippen molar-refractivity contribution in [1.29, 1.82) is 0 Å². The first-order valence-electron chi connectivity index (χ1n) is 10.3. The minimum atomic E-state index is -4.62. The highest BCUT2D eigenvalue weighted by molar-refractivity contribution is 8.01. The summed E-state index contributed by atoms with van der Waals surface area (Å²) in [6, 6.07) is 8.29. The maximum atomic E-state index is 13.6. The molecule has 3 saturated heterocycles. The summed E-state index contributed by atoms with van der Waals surface area (Å²) in [6.45, 7) is 3.47. The van der Waals surface area contributed by atoms with E-state index < -0.39 is 67.4 Å². The third kappa shape index (κ3) is 3.34. The molecule has 5 rings (SSSR count). The number of carbonyl (C=O) groups is 3. The van der Waals surface area contributed by atoms with E-state index in [1.54, 1.807) is 44.2 Å². The average molecular weight is 508 g/mol. The van der Waals surface area contributed by atoms with Crippen molar-refractivity contribution in [2.45, 2.75) is 53.4 Å². The van der Waals surface area contributed by atoms with Crippen LogP contribution in [0.4, 0.5) is 0 Å².